The summed E-state index contributed by atoms with van der Waals surface area (Å²) >= 11 is 0. The number of nitrogens with one attached hydrogen (secondary N) is 3. The van der Waals surface area contributed by atoms with Gasteiger partial charge in [0.25, 0.3) is 0 Å². The molecule has 168 valence electrons. The predicted octanol–water partition coefficient (Wildman–Crippen LogP) is 4.41. The van der Waals surface area contributed by atoms with Crippen LogP contribution in [-0.2, 0) is 6.18 Å². The third-order valence-corrected chi connectivity index (χ3v) is 5.98. The largest absolute Gasteiger partial charge is 0.419 e. The number of hydrogen-bond donors (Lipinski definition) is 3. The molecular weight excluding hydrogens is 417 g/mol. The number of hydrogen-bond acceptors (Lipinski definition) is 6. The highest BCUT2D eigenvalue weighted by Gasteiger charge is 2.37. The van der Waals surface area contributed by atoms with Crippen LogP contribution in [0.5, 0.6) is 0 Å². The second-order valence-corrected chi connectivity index (χ2v) is 8.87. The van der Waals surface area contributed by atoms with Crippen LogP contribution < -0.4 is 16.0 Å². The molecule has 0 radical (unpaired) electrons. The van der Waals surface area contributed by atoms with Gasteiger partial charge in [0.15, 0.2) is 0 Å². The monoisotopic (exact) mass is 442 g/mol. The van der Waals surface area contributed by atoms with E-state index in [0.717, 1.165) is 25.6 Å². The van der Waals surface area contributed by atoms with E-state index in [4.69, 9.17) is 5.26 Å². The minimum atomic E-state index is -4.59. The molecule has 0 amide bonds. The first-order valence-electron chi connectivity index (χ1n) is 10.6. The number of alkyl halides is 3. The summed E-state index contributed by atoms with van der Waals surface area (Å²) in [4.78, 5) is 8.24. The van der Waals surface area contributed by atoms with E-state index >= 15 is 0 Å². The van der Waals surface area contributed by atoms with Crippen molar-refractivity contribution in [1.29, 1.82) is 5.26 Å². The maximum absolute atomic E-state index is 13.8. The Morgan fingerprint density at radius 1 is 1.31 bits per heavy atom. The Balaban J connectivity index is 1.63. The summed E-state index contributed by atoms with van der Waals surface area (Å²) in [6, 6.07) is 6.92. The number of nitriles is 1. The Morgan fingerprint density at radius 2 is 2.12 bits per heavy atom. The first-order valence-corrected chi connectivity index (χ1v) is 10.6. The van der Waals surface area contributed by atoms with Crippen LogP contribution in [0.4, 0.5) is 24.8 Å². The third kappa shape index (κ3) is 4.70. The number of fused-ring (bicyclic) bond motifs is 1. The highest BCUT2D eigenvalue weighted by atomic mass is 19.4. The Bertz CT molecular complexity index is 1070. The van der Waals surface area contributed by atoms with Crippen molar-refractivity contribution in [3.63, 3.8) is 0 Å². The van der Waals surface area contributed by atoms with Crippen LogP contribution in [0.2, 0.25) is 0 Å². The van der Waals surface area contributed by atoms with Gasteiger partial charge in [0.1, 0.15) is 5.56 Å². The lowest BCUT2D eigenvalue weighted by molar-refractivity contribution is -0.138. The van der Waals surface area contributed by atoms with E-state index in [2.05, 4.69) is 39.8 Å². The number of piperidine rings is 1. The quantitative estimate of drug-likeness (QED) is 0.650. The van der Waals surface area contributed by atoms with E-state index in [1.54, 1.807) is 24.3 Å². The van der Waals surface area contributed by atoms with Crippen molar-refractivity contribution < 1.29 is 13.2 Å². The summed E-state index contributed by atoms with van der Waals surface area (Å²) in [6.07, 6.45) is -0.0150. The van der Waals surface area contributed by atoms with E-state index in [-0.39, 0.29) is 17.2 Å². The van der Waals surface area contributed by atoms with Gasteiger partial charge in [-0.3, -0.25) is 0 Å². The van der Waals surface area contributed by atoms with Crippen molar-refractivity contribution >= 4 is 17.2 Å². The van der Waals surface area contributed by atoms with Crippen LogP contribution in [0.1, 0.15) is 49.1 Å². The van der Waals surface area contributed by atoms with Gasteiger partial charge in [0.05, 0.1) is 17.3 Å². The van der Waals surface area contributed by atoms with E-state index in [1.807, 2.05) is 6.07 Å². The molecule has 4 rings (SSSR count). The van der Waals surface area contributed by atoms with Crippen molar-refractivity contribution in [1.82, 2.24) is 15.3 Å². The van der Waals surface area contributed by atoms with Gasteiger partial charge in [-0.05, 0) is 44.7 Å². The molecule has 3 heterocycles. The molecule has 3 N–H and O–H groups in total. The molecule has 2 aliphatic rings. The van der Waals surface area contributed by atoms with Crippen LogP contribution in [0.3, 0.4) is 0 Å². The lowest BCUT2D eigenvalue weighted by Crippen LogP contribution is -2.47. The topological polar surface area (TPSA) is 85.7 Å². The molecule has 2 aliphatic heterocycles. The van der Waals surface area contributed by atoms with Crippen molar-refractivity contribution in [2.45, 2.75) is 38.4 Å². The molecule has 1 aromatic carbocycles. The zero-order valence-electron chi connectivity index (χ0n) is 18.0. The van der Waals surface area contributed by atoms with Crippen LogP contribution in [-0.4, -0.2) is 35.1 Å². The van der Waals surface area contributed by atoms with Gasteiger partial charge in [0.2, 0.25) is 5.95 Å². The van der Waals surface area contributed by atoms with Gasteiger partial charge in [-0.15, -0.1) is 0 Å². The zero-order chi connectivity index (χ0) is 22.9. The first kappa shape index (κ1) is 22.1. The van der Waals surface area contributed by atoms with E-state index in [0.29, 0.717) is 41.4 Å². The van der Waals surface area contributed by atoms with E-state index in [9.17, 15) is 13.2 Å². The molecule has 0 aliphatic carbocycles. The van der Waals surface area contributed by atoms with E-state index < -0.39 is 11.7 Å². The number of rotatable bonds is 4. The lowest BCUT2D eigenvalue weighted by atomic mass is 9.87. The molecule has 2 aromatic rings. The summed E-state index contributed by atoms with van der Waals surface area (Å²) in [5.41, 5.74) is 1.06. The second kappa shape index (κ2) is 8.43. The molecule has 0 spiro atoms. The summed E-state index contributed by atoms with van der Waals surface area (Å²) in [5.74, 6) is 0.521. The van der Waals surface area contributed by atoms with Gasteiger partial charge in [-0.2, -0.15) is 18.4 Å². The summed E-state index contributed by atoms with van der Waals surface area (Å²) < 4.78 is 41.4. The molecule has 9 heteroatoms. The summed E-state index contributed by atoms with van der Waals surface area (Å²) in [5, 5.41) is 18.9. The number of nitrogens with zero attached hydrogens (tertiary/aromatic N) is 3. The number of halogens is 3. The molecule has 0 bridgehead atoms. The van der Waals surface area contributed by atoms with Crippen LogP contribution in [0.15, 0.2) is 30.5 Å². The van der Waals surface area contributed by atoms with Crippen molar-refractivity contribution in [2.75, 3.05) is 30.3 Å². The molecule has 1 unspecified atom stereocenters. The average Bonchev–Trinajstić information content (AvgIpc) is 2.76. The first-order chi connectivity index (χ1) is 15.2. The summed E-state index contributed by atoms with van der Waals surface area (Å²) in [7, 11) is 0. The number of anilines is 2. The maximum Gasteiger partial charge on any atom is 0.419 e. The fraction of sp³-hybridized carbons (Fsp3) is 0.435. The molecule has 1 saturated heterocycles. The maximum atomic E-state index is 13.8. The normalized spacial score (nSPS) is 19.9. The molecule has 32 heavy (non-hydrogen) atoms. The SMILES string of the molecule is CC1(C)CCC(CNc2ncc(C(F)(F)F)c(C3=CCNc4cc(C#N)ccc43)n2)CN1. The Hall–Kier alpha value is -3.12. The molecule has 6 nitrogen and oxygen atoms in total. The minimum Gasteiger partial charge on any atom is -0.381 e. The molecule has 1 fully saturated rings. The third-order valence-electron chi connectivity index (χ3n) is 5.98. The van der Waals surface area contributed by atoms with Crippen LogP contribution >= 0.6 is 0 Å². The fourth-order valence-corrected chi connectivity index (χ4v) is 4.06. The molecule has 1 atom stereocenters. The lowest BCUT2D eigenvalue weighted by Gasteiger charge is -2.35. The van der Waals surface area contributed by atoms with Crippen molar-refractivity contribution in [3.05, 3.63) is 52.9 Å². The molecular formula is C23H25F3N6. The number of aromatic nitrogens is 2. The Kier molecular flexibility index (Phi) is 5.82. The number of benzene rings is 1. The predicted molar refractivity (Wildman–Crippen MR) is 117 cm³/mol. The molecule has 1 aromatic heterocycles. The van der Waals surface area contributed by atoms with Crippen LogP contribution in [0.25, 0.3) is 5.57 Å². The highest BCUT2D eigenvalue weighted by molar-refractivity contribution is 5.88. The van der Waals surface area contributed by atoms with Crippen LogP contribution in [0, 0.1) is 17.2 Å². The standard InChI is InChI=1S/C23H25F3N6/c1-22(2)7-5-15(12-31-22)11-29-21-30-13-18(23(24,25)26)20(32-21)17-6-8-28-19-9-14(10-27)3-4-16(17)19/h3-4,6,9,13,15,28,31H,5,7-8,11-12H2,1-2H3,(H,29,30,32). The van der Waals surface area contributed by atoms with Crippen molar-refractivity contribution in [2.24, 2.45) is 5.92 Å². The Labute approximate surface area is 185 Å². The van der Waals surface area contributed by atoms with Gasteiger partial charge in [-0.1, -0.05) is 12.1 Å². The minimum absolute atomic E-state index is 0.106. The highest BCUT2D eigenvalue weighted by Crippen LogP contribution is 2.39. The Morgan fingerprint density at radius 3 is 2.81 bits per heavy atom. The smallest absolute Gasteiger partial charge is 0.381 e. The fourth-order valence-electron chi connectivity index (χ4n) is 4.06. The second-order valence-electron chi connectivity index (χ2n) is 8.87. The van der Waals surface area contributed by atoms with E-state index in [1.165, 1.54) is 0 Å². The van der Waals surface area contributed by atoms with Gasteiger partial charge >= 0.3 is 6.18 Å². The van der Waals surface area contributed by atoms with Gasteiger partial charge < -0.3 is 16.0 Å². The zero-order valence-corrected chi connectivity index (χ0v) is 18.0. The van der Waals surface area contributed by atoms with Crippen molar-refractivity contribution in [3.8, 4) is 6.07 Å². The summed E-state index contributed by atoms with van der Waals surface area (Å²) in [6.45, 7) is 6.07. The van der Waals surface area contributed by atoms with Gasteiger partial charge in [0, 0.05) is 48.2 Å². The van der Waals surface area contributed by atoms with Gasteiger partial charge in [-0.25, -0.2) is 9.97 Å². The molecule has 0 saturated carbocycles. The average molecular weight is 442 g/mol.